The van der Waals surface area contributed by atoms with Gasteiger partial charge in [0.1, 0.15) is 6.61 Å². The van der Waals surface area contributed by atoms with Crippen LogP contribution < -0.4 is 5.32 Å². The third kappa shape index (κ3) is 3.46. The van der Waals surface area contributed by atoms with Crippen LogP contribution in [0.4, 0.5) is 4.79 Å². The number of hydrogen-bond acceptors (Lipinski definition) is 4. The first-order chi connectivity index (χ1) is 14.7. The second kappa shape index (κ2) is 8.13. The van der Waals surface area contributed by atoms with Crippen LogP contribution in [-0.4, -0.2) is 34.9 Å². The van der Waals surface area contributed by atoms with Crippen molar-refractivity contribution in [1.29, 1.82) is 0 Å². The van der Waals surface area contributed by atoms with Crippen molar-refractivity contribution >= 4 is 17.0 Å². The smallest absolute Gasteiger partial charge is 0.407 e. The standard InChI is InChI=1S/C24H27N3O3/c1-26-21-12-6-5-10-18(21)19-13-14-27-23(22(19)26)20(11-7-15-30-27)25-24(28)29-16-17-8-3-2-4-9-17/h2-6,8-10,12,20,23H,7,11,13-16H2,1H3,(H,25,28)/t20-,23-/m0/s1. The number of hydrogen-bond donors (Lipinski definition) is 1. The van der Waals surface area contributed by atoms with Gasteiger partial charge in [-0.3, -0.25) is 4.84 Å². The zero-order chi connectivity index (χ0) is 20.5. The Morgan fingerprint density at radius 3 is 2.83 bits per heavy atom. The van der Waals surface area contributed by atoms with E-state index in [1.54, 1.807) is 0 Å². The van der Waals surface area contributed by atoms with E-state index in [0.717, 1.165) is 31.4 Å². The molecular weight excluding hydrogens is 378 g/mol. The molecule has 2 atom stereocenters. The van der Waals surface area contributed by atoms with Crippen LogP contribution in [0.1, 0.15) is 35.7 Å². The van der Waals surface area contributed by atoms with Crippen LogP contribution in [0, 0.1) is 0 Å². The molecule has 2 aromatic carbocycles. The van der Waals surface area contributed by atoms with Gasteiger partial charge in [0.05, 0.1) is 18.7 Å². The molecule has 0 radical (unpaired) electrons. The predicted molar refractivity (Wildman–Crippen MR) is 115 cm³/mol. The summed E-state index contributed by atoms with van der Waals surface area (Å²) in [6, 6.07) is 18.2. The summed E-state index contributed by atoms with van der Waals surface area (Å²) in [6.07, 6.45) is 2.31. The SMILES string of the molecule is Cn1c2c(c3ccccc31)CCN1OCCC[C@H](NC(=O)OCc3ccccc3)[C@@H]21. The van der Waals surface area contributed by atoms with Crippen LogP contribution in [0.15, 0.2) is 54.6 Å². The van der Waals surface area contributed by atoms with Crippen molar-refractivity contribution in [3.8, 4) is 0 Å². The summed E-state index contributed by atoms with van der Waals surface area (Å²) in [5.41, 5.74) is 4.80. The molecule has 6 nitrogen and oxygen atoms in total. The van der Waals surface area contributed by atoms with Gasteiger partial charge in [-0.1, -0.05) is 48.5 Å². The normalized spacial score (nSPS) is 21.5. The van der Waals surface area contributed by atoms with E-state index in [-0.39, 0.29) is 24.8 Å². The molecule has 0 spiro atoms. The first-order valence-corrected chi connectivity index (χ1v) is 10.7. The van der Waals surface area contributed by atoms with E-state index in [1.165, 1.54) is 22.2 Å². The lowest BCUT2D eigenvalue weighted by molar-refractivity contribution is -0.188. The Hall–Kier alpha value is -2.83. The molecule has 2 aliphatic heterocycles. The van der Waals surface area contributed by atoms with Crippen molar-refractivity contribution in [2.45, 2.75) is 38.0 Å². The lowest BCUT2D eigenvalue weighted by Crippen LogP contribution is -2.48. The number of hydroxylamine groups is 2. The number of benzene rings is 2. The number of alkyl carbamates (subject to hydrolysis) is 1. The number of aryl methyl sites for hydroxylation is 1. The first-order valence-electron chi connectivity index (χ1n) is 10.7. The zero-order valence-electron chi connectivity index (χ0n) is 17.2. The molecule has 1 saturated heterocycles. The van der Waals surface area contributed by atoms with Gasteiger partial charge >= 0.3 is 6.09 Å². The maximum Gasteiger partial charge on any atom is 0.407 e. The molecule has 2 aliphatic rings. The topological polar surface area (TPSA) is 55.7 Å². The molecule has 6 heteroatoms. The van der Waals surface area contributed by atoms with E-state index in [2.05, 4.69) is 46.3 Å². The minimum absolute atomic E-state index is 0.0297. The van der Waals surface area contributed by atoms with Crippen LogP contribution >= 0.6 is 0 Å². The van der Waals surface area contributed by atoms with Crippen LogP contribution in [0.25, 0.3) is 10.9 Å². The van der Waals surface area contributed by atoms with Gasteiger partial charge < -0.3 is 14.6 Å². The fourth-order valence-electron chi connectivity index (χ4n) is 4.87. The second-order valence-corrected chi connectivity index (χ2v) is 8.06. The molecule has 0 bridgehead atoms. The molecule has 0 saturated carbocycles. The maximum absolute atomic E-state index is 12.6. The number of fused-ring (bicyclic) bond motifs is 5. The van der Waals surface area contributed by atoms with Gasteiger partial charge in [-0.25, -0.2) is 4.79 Å². The minimum Gasteiger partial charge on any atom is -0.445 e. The summed E-state index contributed by atoms with van der Waals surface area (Å²) in [4.78, 5) is 18.7. The van der Waals surface area contributed by atoms with Crippen molar-refractivity contribution in [2.24, 2.45) is 7.05 Å². The Morgan fingerprint density at radius 2 is 1.97 bits per heavy atom. The largest absolute Gasteiger partial charge is 0.445 e. The highest BCUT2D eigenvalue weighted by Gasteiger charge is 2.40. The van der Waals surface area contributed by atoms with Gasteiger partial charge in [0, 0.05) is 30.2 Å². The number of carbonyl (C=O) groups is 1. The fraction of sp³-hybridized carbons (Fsp3) is 0.375. The summed E-state index contributed by atoms with van der Waals surface area (Å²) in [6.45, 7) is 1.76. The van der Waals surface area contributed by atoms with Crippen molar-refractivity contribution < 1.29 is 14.4 Å². The molecular formula is C24H27N3O3. The molecule has 3 aromatic rings. The number of nitrogens with zero attached hydrogens (tertiary/aromatic N) is 2. The summed E-state index contributed by atoms with van der Waals surface area (Å²) in [5, 5.41) is 6.51. The van der Waals surface area contributed by atoms with Crippen molar-refractivity contribution in [3.63, 3.8) is 0 Å². The van der Waals surface area contributed by atoms with Gasteiger partial charge in [0.15, 0.2) is 0 Å². The van der Waals surface area contributed by atoms with Gasteiger partial charge in [-0.15, -0.1) is 0 Å². The van der Waals surface area contributed by atoms with E-state index in [4.69, 9.17) is 9.57 Å². The monoisotopic (exact) mass is 405 g/mol. The lowest BCUT2D eigenvalue weighted by atomic mass is 9.92. The van der Waals surface area contributed by atoms with Gasteiger partial charge in [-0.2, -0.15) is 5.06 Å². The maximum atomic E-state index is 12.6. The summed E-state index contributed by atoms with van der Waals surface area (Å²) < 4.78 is 7.78. The summed E-state index contributed by atoms with van der Waals surface area (Å²) in [7, 11) is 2.11. The molecule has 0 unspecified atom stereocenters. The molecule has 3 heterocycles. The second-order valence-electron chi connectivity index (χ2n) is 8.06. The average Bonchev–Trinajstić information content (AvgIpc) is 2.93. The molecule has 1 aromatic heterocycles. The Bertz CT molecular complexity index is 1050. The van der Waals surface area contributed by atoms with Gasteiger partial charge in [0.25, 0.3) is 0 Å². The number of para-hydroxylation sites is 1. The number of aromatic nitrogens is 1. The fourth-order valence-corrected chi connectivity index (χ4v) is 4.87. The first kappa shape index (κ1) is 19.2. The number of ether oxygens (including phenoxy) is 1. The molecule has 30 heavy (non-hydrogen) atoms. The van der Waals surface area contributed by atoms with Crippen LogP contribution in [-0.2, 0) is 29.6 Å². The molecule has 1 N–H and O–H groups in total. The highest BCUT2D eigenvalue weighted by atomic mass is 16.7. The van der Waals surface area contributed by atoms with Gasteiger partial charge in [0.2, 0.25) is 0 Å². The van der Waals surface area contributed by atoms with E-state index in [9.17, 15) is 4.79 Å². The Morgan fingerprint density at radius 1 is 1.17 bits per heavy atom. The van der Waals surface area contributed by atoms with E-state index >= 15 is 0 Å². The lowest BCUT2D eigenvalue weighted by Gasteiger charge is -2.38. The quantitative estimate of drug-likeness (QED) is 0.713. The molecule has 156 valence electrons. The van der Waals surface area contributed by atoms with Crippen LogP contribution in [0.3, 0.4) is 0 Å². The number of carbonyl (C=O) groups excluding carboxylic acids is 1. The van der Waals surface area contributed by atoms with E-state index in [1.807, 2.05) is 30.3 Å². The van der Waals surface area contributed by atoms with Crippen LogP contribution in [0.5, 0.6) is 0 Å². The minimum atomic E-state index is -0.378. The number of amides is 1. The summed E-state index contributed by atoms with van der Waals surface area (Å²) >= 11 is 0. The molecule has 1 fully saturated rings. The predicted octanol–water partition coefficient (Wildman–Crippen LogP) is 4.10. The van der Waals surface area contributed by atoms with Gasteiger partial charge in [-0.05, 0) is 36.5 Å². The highest BCUT2D eigenvalue weighted by Crippen LogP contribution is 2.40. The molecule has 0 aliphatic carbocycles. The Balaban J connectivity index is 1.41. The number of rotatable bonds is 3. The zero-order valence-corrected chi connectivity index (χ0v) is 17.2. The third-order valence-electron chi connectivity index (χ3n) is 6.25. The Kier molecular flexibility index (Phi) is 5.19. The van der Waals surface area contributed by atoms with Crippen molar-refractivity contribution in [1.82, 2.24) is 14.9 Å². The number of nitrogens with one attached hydrogen (secondary N) is 1. The Labute approximate surface area is 176 Å². The summed E-state index contributed by atoms with van der Waals surface area (Å²) in [5.74, 6) is 0. The third-order valence-corrected chi connectivity index (χ3v) is 6.25. The van der Waals surface area contributed by atoms with Crippen molar-refractivity contribution in [2.75, 3.05) is 13.2 Å². The van der Waals surface area contributed by atoms with Crippen LogP contribution in [0.2, 0.25) is 0 Å². The average molecular weight is 405 g/mol. The van der Waals surface area contributed by atoms with E-state index < -0.39 is 0 Å². The highest BCUT2D eigenvalue weighted by molar-refractivity contribution is 5.86. The molecule has 1 amide bonds. The van der Waals surface area contributed by atoms with Crippen molar-refractivity contribution in [3.05, 3.63) is 71.4 Å². The van der Waals surface area contributed by atoms with E-state index in [0.29, 0.717) is 6.61 Å². The molecule has 5 rings (SSSR count).